The normalized spacial score (nSPS) is 10.4. The largest absolute Gasteiger partial charge is 0.390 e. The summed E-state index contributed by atoms with van der Waals surface area (Å²) in [4.78, 5) is -2.88. The zero-order valence-corrected chi connectivity index (χ0v) is 8.20. The van der Waals surface area contributed by atoms with Crippen molar-refractivity contribution < 1.29 is 22.7 Å². The SMILES string of the molecule is C.C=CC(F)(F)Br.C=CC(F)(F)CO. The van der Waals surface area contributed by atoms with Crippen molar-refractivity contribution in [1.82, 2.24) is 0 Å². The van der Waals surface area contributed by atoms with Crippen LogP contribution < -0.4 is 0 Å². The Morgan fingerprint density at radius 2 is 1.43 bits per heavy atom. The quantitative estimate of drug-likeness (QED) is 0.476. The highest BCUT2D eigenvalue weighted by molar-refractivity contribution is 9.10. The second-order valence-electron chi connectivity index (χ2n) is 1.87. The van der Waals surface area contributed by atoms with Crippen LogP contribution in [0.3, 0.4) is 0 Å². The van der Waals surface area contributed by atoms with Crippen molar-refractivity contribution >= 4 is 15.9 Å². The first kappa shape index (κ1) is 19.2. The highest BCUT2D eigenvalue weighted by atomic mass is 79.9. The van der Waals surface area contributed by atoms with Gasteiger partial charge in [-0.05, 0) is 28.1 Å². The minimum atomic E-state index is -3.10. The van der Waals surface area contributed by atoms with E-state index < -0.39 is 17.4 Å². The van der Waals surface area contributed by atoms with Gasteiger partial charge in [-0.2, -0.15) is 17.6 Å². The molecular weight excluding hydrogens is 268 g/mol. The fourth-order valence-electron chi connectivity index (χ4n) is 0.0645. The fraction of sp³-hybridized carbons (Fsp3) is 0.500. The minimum Gasteiger partial charge on any atom is -0.390 e. The molecular formula is C8H13BrF4O. The standard InChI is InChI=1S/C4H6F2O.C3H3BrF2.CH4/c1-2-4(5,6)3-7;1-2-3(4,5)6;/h2,7H,1,3H2;2H,1H2;1H4. The van der Waals surface area contributed by atoms with E-state index in [1.807, 2.05) is 15.9 Å². The van der Waals surface area contributed by atoms with Gasteiger partial charge in [-0.1, -0.05) is 20.6 Å². The van der Waals surface area contributed by atoms with Gasteiger partial charge in [-0.15, -0.1) is 0 Å². The van der Waals surface area contributed by atoms with Gasteiger partial charge in [0.05, 0.1) is 0 Å². The molecule has 0 amide bonds. The van der Waals surface area contributed by atoms with Crippen LogP contribution in [0.15, 0.2) is 25.3 Å². The lowest BCUT2D eigenvalue weighted by Gasteiger charge is -2.03. The number of hydrogen-bond acceptors (Lipinski definition) is 1. The molecule has 0 radical (unpaired) electrons. The van der Waals surface area contributed by atoms with Crippen molar-refractivity contribution in [3.63, 3.8) is 0 Å². The Bertz CT molecular complexity index is 165. The Hall–Kier alpha value is -0.360. The Balaban J connectivity index is -0.000000163. The summed E-state index contributed by atoms with van der Waals surface area (Å²) in [5.74, 6) is -3.10. The molecule has 0 saturated carbocycles. The summed E-state index contributed by atoms with van der Waals surface area (Å²) in [5, 5.41) is 7.77. The van der Waals surface area contributed by atoms with Crippen LogP contribution in [-0.2, 0) is 0 Å². The molecule has 0 aliphatic heterocycles. The summed E-state index contributed by atoms with van der Waals surface area (Å²) < 4.78 is 45.5. The van der Waals surface area contributed by atoms with Crippen molar-refractivity contribution in [2.75, 3.05) is 6.61 Å². The predicted octanol–water partition coefficient (Wildman–Crippen LogP) is 3.60. The maximum atomic E-state index is 11.5. The van der Waals surface area contributed by atoms with E-state index in [1.54, 1.807) is 0 Å². The molecule has 0 heterocycles. The molecule has 6 heteroatoms. The summed E-state index contributed by atoms with van der Waals surface area (Å²) in [6, 6.07) is 0. The molecule has 0 saturated heterocycles. The number of allylic oxidation sites excluding steroid dienone is 1. The van der Waals surface area contributed by atoms with Gasteiger partial charge in [-0.3, -0.25) is 0 Å². The monoisotopic (exact) mass is 280 g/mol. The molecule has 0 rings (SSSR count). The molecule has 0 aromatic rings. The third kappa shape index (κ3) is 17.7. The molecule has 0 fully saturated rings. The number of hydrogen-bond donors (Lipinski definition) is 1. The summed E-state index contributed by atoms with van der Waals surface area (Å²) in [7, 11) is 0. The molecule has 0 spiro atoms. The van der Waals surface area contributed by atoms with Crippen LogP contribution in [0.1, 0.15) is 7.43 Å². The molecule has 1 N–H and O–H groups in total. The van der Waals surface area contributed by atoms with Gasteiger partial charge in [0.15, 0.2) is 0 Å². The van der Waals surface area contributed by atoms with E-state index in [-0.39, 0.29) is 7.43 Å². The van der Waals surface area contributed by atoms with E-state index in [0.717, 1.165) is 0 Å². The average molecular weight is 281 g/mol. The van der Waals surface area contributed by atoms with Crippen molar-refractivity contribution in [2.24, 2.45) is 0 Å². The molecule has 0 aromatic carbocycles. The van der Waals surface area contributed by atoms with Gasteiger partial charge >= 0.3 is 4.83 Å². The van der Waals surface area contributed by atoms with Crippen molar-refractivity contribution in [3.05, 3.63) is 25.3 Å². The zero-order valence-electron chi connectivity index (χ0n) is 6.61. The third-order valence-electron chi connectivity index (χ3n) is 0.741. The van der Waals surface area contributed by atoms with Crippen molar-refractivity contribution in [2.45, 2.75) is 18.2 Å². The fourth-order valence-corrected chi connectivity index (χ4v) is 0.0645. The first-order valence-corrected chi connectivity index (χ1v) is 3.80. The lowest BCUT2D eigenvalue weighted by atomic mass is 10.4. The molecule has 0 aromatic heterocycles. The van der Waals surface area contributed by atoms with E-state index in [4.69, 9.17) is 5.11 Å². The first-order chi connectivity index (χ1) is 5.68. The van der Waals surface area contributed by atoms with E-state index >= 15 is 0 Å². The molecule has 14 heavy (non-hydrogen) atoms. The number of rotatable bonds is 3. The molecule has 0 bridgehead atoms. The van der Waals surface area contributed by atoms with E-state index in [9.17, 15) is 17.6 Å². The molecule has 0 atom stereocenters. The van der Waals surface area contributed by atoms with Crippen molar-refractivity contribution in [3.8, 4) is 0 Å². The van der Waals surface area contributed by atoms with Gasteiger partial charge in [-0.25, -0.2) is 0 Å². The minimum absolute atomic E-state index is 0. The van der Waals surface area contributed by atoms with Crippen LogP contribution in [0.4, 0.5) is 17.6 Å². The summed E-state index contributed by atoms with van der Waals surface area (Å²) in [5.41, 5.74) is 0. The Labute approximate surface area is 89.3 Å². The van der Waals surface area contributed by atoms with Gasteiger partial charge in [0.1, 0.15) is 6.61 Å². The smallest absolute Gasteiger partial charge is 0.319 e. The highest BCUT2D eigenvalue weighted by Gasteiger charge is 2.21. The molecule has 0 aliphatic carbocycles. The summed E-state index contributed by atoms with van der Waals surface area (Å²) in [6.07, 6.45) is 0.931. The van der Waals surface area contributed by atoms with Gasteiger partial charge in [0.25, 0.3) is 5.92 Å². The number of aliphatic hydroxyl groups excluding tert-OH is 1. The third-order valence-corrected chi connectivity index (χ3v) is 1.06. The van der Waals surface area contributed by atoms with Gasteiger partial charge < -0.3 is 5.11 Å². The van der Waals surface area contributed by atoms with E-state index in [0.29, 0.717) is 12.2 Å². The molecule has 0 aliphatic rings. The number of aliphatic hydroxyl groups is 1. The Kier molecular flexibility index (Phi) is 11.0. The van der Waals surface area contributed by atoms with Crippen LogP contribution >= 0.6 is 15.9 Å². The van der Waals surface area contributed by atoms with Gasteiger partial charge in [0, 0.05) is 0 Å². The van der Waals surface area contributed by atoms with Crippen LogP contribution in [0.2, 0.25) is 0 Å². The maximum absolute atomic E-state index is 11.5. The Morgan fingerprint density at radius 3 is 1.43 bits per heavy atom. The summed E-state index contributed by atoms with van der Waals surface area (Å²) >= 11 is 2.03. The molecule has 0 unspecified atom stereocenters. The molecule has 1 nitrogen and oxygen atoms in total. The average Bonchev–Trinajstić information content (AvgIpc) is 2.04. The van der Waals surface area contributed by atoms with Crippen LogP contribution in [-0.4, -0.2) is 22.5 Å². The van der Waals surface area contributed by atoms with Crippen molar-refractivity contribution in [1.29, 1.82) is 0 Å². The number of alkyl halides is 5. The van der Waals surface area contributed by atoms with E-state index in [2.05, 4.69) is 13.2 Å². The Morgan fingerprint density at radius 1 is 1.14 bits per heavy atom. The number of halogens is 5. The lowest BCUT2D eigenvalue weighted by Crippen LogP contribution is -2.16. The lowest BCUT2D eigenvalue weighted by molar-refractivity contribution is -0.00450. The maximum Gasteiger partial charge on any atom is 0.319 e. The van der Waals surface area contributed by atoms with Crippen LogP contribution in [0.5, 0.6) is 0 Å². The highest BCUT2D eigenvalue weighted by Crippen LogP contribution is 2.21. The van der Waals surface area contributed by atoms with Crippen LogP contribution in [0.25, 0.3) is 0 Å². The second-order valence-corrected chi connectivity index (χ2v) is 2.93. The predicted molar refractivity (Wildman–Crippen MR) is 53.0 cm³/mol. The zero-order chi connectivity index (χ0) is 11.1. The first-order valence-electron chi connectivity index (χ1n) is 3.01. The molecule has 86 valence electrons. The topological polar surface area (TPSA) is 20.2 Å². The summed E-state index contributed by atoms with van der Waals surface area (Å²) in [6.45, 7) is 4.47. The van der Waals surface area contributed by atoms with Gasteiger partial charge in [0.2, 0.25) is 0 Å². The second kappa shape index (κ2) is 7.99. The van der Waals surface area contributed by atoms with Crippen LogP contribution in [0, 0.1) is 0 Å². The van der Waals surface area contributed by atoms with E-state index in [1.165, 1.54) is 0 Å².